The van der Waals surface area contributed by atoms with E-state index in [0.29, 0.717) is 0 Å². The van der Waals surface area contributed by atoms with E-state index >= 15 is 0 Å². The smallest absolute Gasteiger partial charge is 0.152 e. The molecule has 0 aromatic heterocycles. The number of ether oxygens (including phenoxy) is 1. The summed E-state index contributed by atoms with van der Waals surface area (Å²) in [6.45, 7) is 4.69. The highest BCUT2D eigenvalue weighted by Gasteiger charge is 2.42. The first-order valence-electron chi connectivity index (χ1n) is 20.0. The number of hydrogen-bond acceptors (Lipinski definition) is 3. The van der Waals surface area contributed by atoms with Crippen LogP contribution in [-0.4, -0.2) is 0 Å². The molecule has 0 fully saturated rings. The second-order valence-electron chi connectivity index (χ2n) is 15.8. The Morgan fingerprint density at radius 1 is 0.397 bits per heavy atom. The zero-order valence-corrected chi connectivity index (χ0v) is 32.4. The van der Waals surface area contributed by atoms with Crippen LogP contribution in [0, 0.1) is 0 Å². The molecule has 0 aliphatic carbocycles. The average molecular weight is 745 g/mol. The van der Waals surface area contributed by atoms with Gasteiger partial charge >= 0.3 is 0 Å². The normalized spacial score (nSPS) is 13.2. The largest absolute Gasteiger partial charge is 0.453 e. The first-order valence-corrected chi connectivity index (χ1v) is 20.0. The number of para-hydroxylation sites is 1. The Labute approximate surface area is 339 Å². The second-order valence-corrected chi connectivity index (χ2v) is 15.8. The van der Waals surface area contributed by atoms with E-state index in [4.69, 9.17) is 4.74 Å². The minimum absolute atomic E-state index is 0.275. The van der Waals surface area contributed by atoms with Crippen molar-refractivity contribution in [2.45, 2.75) is 19.3 Å². The van der Waals surface area contributed by atoms with E-state index in [1.165, 1.54) is 55.4 Å². The van der Waals surface area contributed by atoms with Gasteiger partial charge < -0.3 is 14.5 Å². The molecule has 0 amide bonds. The van der Waals surface area contributed by atoms with Gasteiger partial charge in [0.2, 0.25) is 0 Å². The van der Waals surface area contributed by atoms with Crippen LogP contribution in [0.25, 0.3) is 44.2 Å². The Balaban J connectivity index is 1.03. The Morgan fingerprint density at radius 2 is 0.948 bits per heavy atom. The molecule has 3 heteroatoms. The molecule has 9 aromatic rings. The number of fused-ring (bicyclic) bond motifs is 6. The summed E-state index contributed by atoms with van der Waals surface area (Å²) in [5.74, 6) is 1.77. The third kappa shape index (κ3) is 5.50. The molecule has 11 rings (SSSR count). The summed E-state index contributed by atoms with van der Waals surface area (Å²) in [7, 11) is 0. The molecule has 58 heavy (non-hydrogen) atoms. The lowest BCUT2D eigenvalue weighted by Gasteiger charge is -2.45. The first-order chi connectivity index (χ1) is 28.5. The maximum absolute atomic E-state index is 6.65. The molecule has 0 saturated heterocycles. The molecule has 0 radical (unpaired) electrons. The summed E-state index contributed by atoms with van der Waals surface area (Å²) in [6, 6.07) is 74.3. The Bertz CT molecular complexity index is 2910. The first kappa shape index (κ1) is 33.9. The Hall–Kier alpha value is -7.36. The van der Waals surface area contributed by atoms with Crippen LogP contribution < -0.4 is 14.5 Å². The average Bonchev–Trinajstić information content (AvgIpc) is 3.29. The molecule has 0 saturated carbocycles. The van der Waals surface area contributed by atoms with Crippen LogP contribution in [-0.2, 0) is 5.41 Å². The van der Waals surface area contributed by atoms with Gasteiger partial charge in [0.05, 0.1) is 17.1 Å². The molecule has 276 valence electrons. The van der Waals surface area contributed by atoms with E-state index in [1.54, 1.807) is 0 Å². The summed E-state index contributed by atoms with van der Waals surface area (Å²) in [5.41, 5.74) is 16.1. The highest BCUT2D eigenvalue weighted by atomic mass is 16.5. The van der Waals surface area contributed by atoms with Gasteiger partial charge in [-0.3, -0.25) is 0 Å². The highest BCUT2D eigenvalue weighted by molar-refractivity contribution is 6.06. The molecule has 0 spiro atoms. The molecule has 0 atom stereocenters. The molecule has 2 aliphatic rings. The fourth-order valence-electron chi connectivity index (χ4n) is 9.05. The molecule has 9 aromatic carbocycles. The molecular weight excluding hydrogens is 705 g/mol. The van der Waals surface area contributed by atoms with Gasteiger partial charge in [0.15, 0.2) is 11.5 Å². The molecule has 2 heterocycles. The zero-order valence-electron chi connectivity index (χ0n) is 32.4. The SMILES string of the molecule is CC1(C)c2cc(-c3cccc(N(c4ccc(-c5ccccc5)cc4)c4ccc(-c5ccccc5)cc4)c3)ccc2N2c3c(cccc31)Oc1ccc3ccccc3c12. The molecule has 0 bridgehead atoms. The quantitative estimate of drug-likeness (QED) is 0.169. The molecule has 0 N–H and O–H groups in total. The van der Waals surface area contributed by atoms with Crippen LogP contribution in [0.4, 0.5) is 34.1 Å². The van der Waals surface area contributed by atoms with E-state index in [0.717, 1.165) is 45.5 Å². The standard InChI is InChI=1S/C55H40N2O/c1-55(2)48-21-12-22-51-54(48)57(53-47-20-10-9-17-41(47)28-34-52(53)58-51)50-33-27-43(36-49(50)55)42-18-11-19-46(35-42)56(44-29-23-39(24-30-44)37-13-5-3-6-14-37)45-31-25-40(26-32-45)38-15-7-4-8-16-38/h3-36H,1-2H3. The van der Waals surface area contributed by atoms with Gasteiger partial charge in [-0.1, -0.05) is 159 Å². The van der Waals surface area contributed by atoms with Crippen LogP contribution in [0.5, 0.6) is 11.5 Å². The Kier molecular flexibility index (Phi) is 7.84. The number of hydrogen-bond donors (Lipinski definition) is 0. The molecule has 0 unspecified atom stereocenters. The summed E-state index contributed by atoms with van der Waals surface area (Å²) in [6.07, 6.45) is 0. The van der Waals surface area contributed by atoms with E-state index in [1.807, 2.05) is 0 Å². The van der Waals surface area contributed by atoms with Gasteiger partial charge in [0.1, 0.15) is 0 Å². The number of anilines is 6. The van der Waals surface area contributed by atoms with E-state index in [9.17, 15) is 0 Å². The lowest BCUT2D eigenvalue weighted by molar-refractivity contribution is 0.472. The van der Waals surface area contributed by atoms with Gasteiger partial charge in [-0.15, -0.1) is 0 Å². The summed E-state index contributed by atoms with van der Waals surface area (Å²) < 4.78 is 6.65. The van der Waals surface area contributed by atoms with Gasteiger partial charge in [0.25, 0.3) is 0 Å². The minimum atomic E-state index is -0.275. The van der Waals surface area contributed by atoms with Gasteiger partial charge in [0, 0.05) is 27.9 Å². The van der Waals surface area contributed by atoms with Gasteiger partial charge in [-0.25, -0.2) is 0 Å². The van der Waals surface area contributed by atoms with Crippen LogP contribution in [0.2, 0.25) is 0 Å². The summed E-state index contributed by atoms with van der Waals surface area (Å²) in [4.78, 5) is 4.81. The van der Waals surface area contributed by atoms with Crippen molar-refractivity contribution in [2.75, 3.05) is 9.80 Å². The van der Waals surface area contributed by atoms with Crippen molar-refractivity contribution >= 4 is 44.9 Å². The van der Waals surface area contributed by atoms with Crippen LogP contribution in [0.1, 0.15) is 25.0 Å². The van der Waals surface area contributed by atoms with Crippen LogP contribution in [0.15, 0.2) is 206 Å². The van der Waals surface area contributed by atoms with Gasteiger partial charge in [-0.05, 0) is 111 Å². The lowest BCUT2D eigenvalue weighted by Crippen LogP contribution is -2.32. The van der Waals surface area contributed by atoms with Crippen molar-refractivity contribution in [1.82, 2.24) is 0 Å². The second kappa shape index (κ2) is 13.4. The highest BCUT2D eigenvalue weighted by Crippen LogP contribution is 2.61. The number of nitrogens with zero attached hydrogens (tertiary/aromatic N) is 2. The van der Waals surface area contributed by atoms with E-state index in [-0.39, 0.29) is 5.41 Å². The predicted octanol–water partition coefficient (Wildman–Crippen LogP) is 15.5. The zero-order chi connectivity index (χ0) is 38.8. The van der Waals surface area contributed by atoms with Crippen LogP contribution >= 0.6 is 0 Å². The fourth-order valence-corrected chi connectivity index (χ4v) is 9.05. The van der Waals surface area contributed by atoms with Gasteiger partial charge in [-0.2, -0.15) is 0 Å². The molecular formula is C55H40N2O. The van der Waals surface area contributed by atoms with Crippen molar-refractivity contribution in [2.24, 2.45) is 0 Å². The third-order valence-electron chi connectivity index (χ3n) is 12.0. The molecule has 2 aliphatic heterocycles. The summed E-state index contributed by atoms with van der Waals surface area (Å²) in [5, 5.41) is 2.37. The van der Waals surface area contributed by atoms with E-state index in [2.05, 4.69) is 230 Å². The van der Waals surface area contributed by atoms with Crippen molar-refractivity contribution in [3.05, 3.63) is 217 Å². The Morgan fingerprint density at radius 3 is 1.64 bits per heavy atom. The van der Waals surface area contributed by atoms with Crippen LogP contribution in [0.3, 0.4) is 0 Å². The number of benzene rings is 9. The topological polar surface area (TPSA) is 15.7 Å². The maximum Gasteiger partial charge on any atom is 0.152 e. The summed E-state index contributed by atoms with van der Waals surface area (Å²) >= 11 is 0. The van der Waals surface area contributed by atoms with Crippen molar-refractivity contribution < 1.29 is 4.74 Å². The molecule has 3 nitrogen and oxygen atoms in total. The monoisotopic (exact) mass is 744 g/mol. The van der Waals surface area contributed by atoms with Crippen molar-refractivity contribution in [3.8, 4) is 44.9 Å². The maximum atomic E-state index is 6.65. The van der Waals surface area contributed by atoms with Crippen molar-refractivity contribution in [3.63, 3.8) is 0 Å². The predicted molar refractivity (Wildman–Crippen MR) is 242 cm³/mol. The fraction of sp³-hybridized carbons (Fsp3) is 0.0545. The number of rotatable bonds is 6. The van der Waals surface area contributed by atoms with E-state index < -0.39 is 0 Å². The van der Waals surface area contributed by atoms with Crippen molar-refractivity contribution in [1.29, 1.82) is 0 Å². The minimum Gasteiger partial charge on any atom is -0.453 e. The third-order valence-corrected chi connectivity index (χ3v) is 12.0. The lowest BCUT2D eigenvalue weighted by atomic mass is 9.72.